The molecule has 0 bridgehead atoms. The molecule has 92 valence electrons. The van der Waals surface area contributed by atoms with Crippen LogP contribution in [0.2, 0.25) is 0 Å². The molecule has 2 N–H and O–H groups in total. The van der Waals surface area contributed by atoms with Crippen molar-refractivity contribution in [3.8, 4) is 6.07 Å². The van der Waals surface area contributed by atoms with E-state index < -0.39 is 23.8 Å². The largest absolute Gasteiger partial charge is 0.458 e. The van der Waals surface area contributed by atoms with Crippen molar-refractivity contribution in [2.45, 2.75) is 57.8 Å². The molecule has 0 rings (SSSR count). The Morgan fingerprint density at radius 1 is 1.38 bits per heavy atom. The summed E-state index contributed by atoms with van der Waals surface area (Å²) in [6, 6.07) is 1.66. The van der Waals surface area contributed by atoms with Crippen molar-refractivity contribution in [2.24, 2.45) is 0 Å². The fourth-order valence-electron chi connectivity index (χ4n) is 1.06. The van der Waals surface area contributed by atoms with Crippen LogP contribution >= 0.6 is 0 Å². The van der Waals surface area contributed by atoms with Gasteiger partial charge in [-0.25, -0.2) is 4.79 Å². The smallest absolute Gasteiger partial charge is 0.335 e. The predicted molar refractivity (Wildman–Crippen MR) is 57.3 cm³/mol. The zero-order valence-electron chi connectivity index (χ0n) is 9.93. The van der Waals surface area contributed by atoms with Crippen LogP contribution < -0.4 is 0 Å². The molecule has 0 aromatic heterocycles. The maximum atomic E-state index is 11.3. The van der Waals surface area contributed by atoms with Crippen molar-refractivity contribution in [1.82, 2.24) is 0 Å². The third-order valence-electron chi connectivity index (χ3n) is 1.78. The molecule has 2 atom stereocenters. The van der Waals surface area contributed by atoms with Crippen LogP contribution in [-0.4, -0.2) is 34.0 Å². The minimum Gasteiger partial charge on any atom is -0.458 e. The summed E-state index contributed by atoms with van der Waals surface area (Å²) < 4.78 is 4.97. The van der Waals surface area contributed by atoms with Crippen LogP contribution in [0.5, 0.6) is 0 Å². The molecule has 0 aliphatic carbocycles. The van der Waals surface area contributed by atoms with Crippen molar-refractivity contribution >= 4 is 5.97 Å². The Morgan fingerprint density at radius 2 is 1.94 bits per heavy atom. The first-order valence-electron chi connectivity index (χ1n) is 5.25. The summed E-state index contributed by atoms with van der Waals surface area (Å²) in [4.78, 5) is 11.3. The van der Waals surface area contributed by atoms with Crippen LogP contribution in [0.3, 0.4) is 0 Å². The molecule has 16 heavy (non-hydrogen) atoms. The number of rotatable bonds is 5. The van der Waals surface area contributed by atoms with Gasteiger partial charge in [-0.15, -0.1) is 0 Å². The number of nitriles is 1. The summed E-state index contributed by atoms with van der Waals surface area (Å²) >= 11 is 0. The van der Waals surface area contributed by atoms with Gasteiger partial charge in [0.15, 0.2) is 6.10 Å². The average molecular weight is 229 g/mol. The number of nitrogens with zero attached hydrogens (tertiary/aromatic N) is 1. The number of carbonyl (C=O) groups is 1. The van der Waals surface area contributed by atoms with Gasteiger partial charge in [0.05, 0.1) is 6.07 Å². The molecule has 5 heteroatoms. The van der Waals surface area contributed by atoms with Crippen molar-refractivity contribution < 1.29 is 19.7 Å². The molecular weight excluding hydrogens is 210 g/mol. The van der Waals surface area contributed by atoms with Gasteiger partial charge >= 0.3 is 5.97 Å². The van der Waals surface area contributed by atoms with Gasteiger partial charge in [0.2, 0.25) is 0 Å². The molecule has 0 heterocycles. The number of esters is 1. The van der Waals surface area contributed by atoms with E-state index in [4.69, 9.17) is 15.1 Å². The lowest BCUT2D eigenvalue weighted by molar-refractivity contribution is -0.165. The Kier molecular flexibility index (Phi) is 6.01. The minimum atomic E-state index is -1.19. The fraction of sp³-hybridized carbons (Fsp3) is 0.818. The van der Waals surface area contributed by atoms with E-state index in [1.54, 1.807) is 26.8 Å². The highest BCUT2D eigenvalue weighted by Crippen LogP contribution is 2.11. The molecule has 0 spiro atoms. The van der Waals surface area contributed by atoms with Crippen LogP contribution in [0.4, 0.5) is 0 Å². The number of hydrogen-bond acceptors (Lipinski definition) is 5. The van der Waals surface area contributed by atoms with Gasteiger partial charge in [-0.1, -0.05) is 0 Å². The van der Waals surface area contributed by atoms with E-state index in [1.807, 2.05) is 0 Å². The van der Waals surface area contributed by atoms with Crippen LogP contribution in [-0.2, 0) is 9.53 Å². The van der Waals surface area contributed by atoms with Crippen molar-refractivity contribution in [3.05, 3.63) is 0 Å². The monoisotopic (exact) mass is 229 g/mol. The molecule has 0 radical (unpaired) electrons. The molecule has 2 unspecified atom stereocenters. The second-order valence-corrected chi connectivity index (χ2v) is 4.63. The molecule has 0 aliphatic heterocycles. The Balaban J connectivity index is 3.85. The average Bonchev–Trinajstić information content (AvgIpc) is 2.14. The molecule has 0 fully saturated rings. The lowest BCUT2D eigenvalue weighted by atomic mass is 10.1. The number of aliphatic hydroxyl groups excluding tert-OH is 2. The molecule has 0 saturated carbocycles. The van der Waals surface area contributed by atoms with Gasteiger partial charge in [0.25, 0.3) is 0 Å². The standard InChI is InChI=1S/C11H19NO4/c1-11(2,3)16-10(15)9(14)6-4-5-8(13)7-12/h8-9,13-14H,4-6H2,1-3H3. The third kappa shape index (κ3) is 7.21. The topological polar surface area (TPSA) is 90.6 Å². The minimum absolute atomic E-state index is 0.188. The molecule has 5 nitrogen and oxygen atoms in total. The highest BCUT2D eigenvalue weighted by atomic mass is 16.6. The number of carbonyl (C=O) groups excluding carboxylic acids is 1. The van der Waals surface area contributed by atoms with Crippen molar-refractivity contribution in [1.29, 1.82) is 5.26 Å². The van der Waals surface area contributed by atoms with Crippen molar-refractivity contribution in [2.75, 3.05) is 0 Å². The molecule has 0 amide bonds. The van der Waals surface area contributed by atoms with E-state index in [9.17, 15) is 9.90 Å². The summed E-state index contributed by atoms with van der Waals surface area (Å²) in [6.45, 7) is 5.16. The normalized spacial score (nSPS) is 15.0. The summed E-state index contributed by atoms with van der Waals surface area (Å²) in [7, 11) is 0. The van der Waals surface area contributed by atoms with E-state index in [0.717, 1.165) is 0 Å². The summed E-state index contributed by atoms with van der Waals surface area (Å²) in [5, 5.41) is 26.7. The van der Waals surface area contributed by atoms with E-state index in [0.29, 0.717) is 6.42 Å². The first kappa shape index (κ1) is 14.9. The van der Waals surface area contributed by atoms with Crippen LogP contribution in [0, 0.1) is 11.3 Å². The van der Waals surface area contributed by atoms with Crippen molar-refractivity contribution in [3.63, 3.8) is 0 Å². The summed E-state index contributed by atoms with van der Waals surface area (Å²) in [6.07, 6.45) is -1.39. The predicted octanol–water partition coefficient (Wildman–Crippen LogP) is 0.744. The Morgan fingerprint density at radius 3 is 2.38 bits per heavy atom. The van der Waals surface area contributed by atoms with Gasteiger partial charge < -0.3 is 14.9 Å². The fourth-order valence-corrected chi connectivity index (χ4v) is 1.06. The summed E-state index contributed by atoms with van der Waals surface area (Å²) in [5.74, 6) is -0.668. The first-order valence-corrected chi connectivity index (χ1v) is 5.25. The Labute approximate surface area is 95.6 Å². The molecule has 0 aromatic rings. The van der Waals surface area contributed by atoms with Gasteiger partial charge in [0.1, 0.15) is 11.7 Å². The Bertz CT molecular complexity index is 264. The van der Waals surface area contributed by atoms with Gasteiger partial charge in [0, 0.05) is 0 Å². The zero-order chi connectivity index (χ0) is 12.8. The van der Waals surface area contributed by atoms with E-state index in [1.165, 1.54) is 0 Å². The van der Waals surface area contributed by atoms with Gasteiger partial charge in [-0.05, 0) is 40.0 Å². The maximum absolute atomic E-state index is 11.3. The van der Waals surface area contributed by atoms with Gasteiger partial charge in [-0.3, -0.25) is 0 Å². The lowest BCUT2D eigenvalue weighted by Gasteiger charge is -2.21. The number of hydrogen-bond donors (Lipinski definition) is 2. The Hall–Kier alpha value is -1.12. The van der Waals surface area contributed by atoms with Crippen LogP contribution in [0.1, 0.15) is 40.0 Å². The number of ether oxygens (including phenoxy) is 1. The molecule has 0 saturated heterocycles. The second kappa shape index (κ2) is 6.46. The van der Waals surface area contributed by atoms with Crippen LogP contribution in [0.25, 0.3) is 0 Å². The second-order valence-electron chi connectivity index (χ2n) is 4.63. The first-order chi connectivity index (χ1) is 7.26. The van der Waals surface area contributed by atoms with E-state index in [2.05, 4.69) is 0 Å². The SMILES string of the molecule is CC(C)(C)OC(=O)C(O)CCCC(O)C#N. The molecule has 0 aliphatic rings. The quantitative estimate of drug-likeness (QED) is 0.536. The van der Waals surface area contributed by atoms with E-state index in [-0.39, 0.29) is 12.8 Å². The zero-order valence-corrected chi connectivity index (χ0v) is 9.93. The molecular formula is C11H19NO4. The molecule has 0 aromatic carbocycles. The van der Waals surface area contributed by atoms with Gasteiger partial charge in [-0.2, -0.15) is 5.26 Å². The third-order valence-corrected chi connectivity index (χ3v) is 1.78. The number of aliphatic hydroxyl groups is 2. The highest BCUT2D eigenvalue weighted by molar-refractivity contribution is 5.74. The lowest BCUT2D eigenvalue weighted by Crippen LogP contribution is -2.31. The highest BCUT2D eigenvalue weighted by Gasteiger charge is 2.22. The van der Waals surface area contributed by atoms with E-state index >= 15 is 0 Å². The van der Waals surface area contributed by atoms with Crippen LogP contribution in [0.15, 0.2) is 0 Å². The summed E-state index contributed by atoms with van der Waals surface area (Å²) in [5.41, 5.74) is -0.621. The maximum Gasteiger partial charge on any atom is 0.335 e.